The van der Waals surface area contributed by atoms with Crippen molar-refractivity contribution in [2.24, 2.45) is 0 Å². The molecule has 4 bridgehead atoms. The van der Waals surface area contributed by atoms with Crippen LogP contribution in [-0.2, 0) is 17.9 Å². The molecule has 398 valence electrons. The van der Waals surface area contributed by atoms with Crippen molar-refractivity contribution in [1.82, 2.24) is 28.1 Å². The van der Waals surface area contributed by atoms with Crippen LogP contribution < -0.4 is 9.47 Å². The van der Waals surface area contributed by atoms with Crippen molar-refractivity contribution < 1.29 is 38.6 Å². The molecule has 4 aromatic heterocycles. The normalized spacial score (nSPS) is 20.3. The van der Waals surface area contributed by atoms with Gasteiger partial charge in [-0.15, -0.1) is 0 Å². The minimum absolute atomic E-state index is 0. The van der Waals surface area contributed by atoms with Crippen molar-refractivity contribution in [2.75, 3.05) is 14.2 Å². The van der Waals surface area contributed by atoms with E-state index in [1.807, 2.05) is 121 Å². The van der Waals surface area contributed by atoms with Gasteiger partial charge in [-0.3, -0.25) is 33.8 Å². The molecule has 2 saturated carbocycles. The maximum absolute atomic E-state index is 14.3. The third-order valence-corrected chi connectivity index (χ3v) is 18.6. The van der Waals surface area contributed by atoms with E-state index in [4.69, 9.17) is 9.47 Å². The van der Waals surface area contributed by atoms with Gasteiger partial charge in [-0.1, -0.05) is 104 Å². The van der Waals surface area contributed by atoms with Crippen LogP contribution in [-0.4, -0.2) is 82.9 Å². The number of benzene rings is 8. The number of aliphatic hydroxyl groups is 1. The summed E-state index contributed by atoms with van der Waals surface area (Å²) in [6.07, 6.45) is 2.11. The molecule has 8 heterocycles. The van der Waals surface area contributed by atoms with Gasteiger partial charge in [-0.05, 0) is 78.9 Å². The third kappa shape index (κ3) is 6.01. The van der Waals surface area contributed by atoms with Crippen LogP contribution in [0.2, 0.25) is 0 Å². The molecule has 12 aromatic rings. The van der Waals surface area contributed by atoms with E-state index in [0.29, 0.717) is 47.3 Å². The van der Waals surface area contributed by atoms with Gasteiger partial charge < -0.3 is 32.8 Å². The number of Topliss-reactive ketones (excluding diaryl/α,β-unsaturated/α-hetero) is 1. The lowest BCUT2D eigenvalue weighted by molar-refractivity contribution is -0.120. The Morgan fingerprint density at radius 1 is 0.432 bits per heavy atom. The van der Waals surface area contributed by atoms with Crippen LogP contribution in [0, 0.1) is 0 Å². The maximum atomic E-state index is 14.3. The molecule has 2 aliphatic carbocycles. The smallest absolute Gasteiger partial charge is 0.262 e. The fraction of sp³-hybridized carbons (Fsp3) is 0.209. The Morgan fingerprint density at radius 2 is 0.790 bits per heavy atom. The summed E-state index contributed by atoms with van der Waals surface area (Å²) in [7, 11) is 3.22. The van der Waals surface area contributed by atoms with E-state index in [0.717, 1.165) is 111 Å². The van der Waals surface area contributed by atoms with Gasteiger partial charge in [0.1, 0.15) is 11.5 Å². The minimum Gasteiger partial charge on any atom is -0.497 e. The molecule has 2 fully saturated rings. The minimum atomic E-state index is -0.495. The van der Waals surface area contributed by atoms with Gasteiger partial charge in [-0.2, -0.15) is 0 Å². The number of rotatable bonds is 6. The first-order valence-corrected chi connectivity index (χ1v) is 27.3. The predicted octanol–water partition coefficient (Wildman–Crippen LogP) is 12.8. The summed E-state index contributed by atoms with van der Waals surface area (Å²) in [5, 5.41) is 18.3. The zero-order chi connectivity index (χ0) is 53.7. The highest BCUT2D eigenvalue weighted by Crippen LogP contribution is 2.56. The van der Waals surface area contributed by atoms with Crippen molar-refractivity contribution in [3.8, 4) is 11.5 Å². The van der Waals surface area contributed by atoms with E-state index >= 15 is 0 Å². The molecule has 6 aliphatic rings. The molecular weight excluding hydrogens is 1020 g/mol. The lowest BCUT2D eigenvalue weighted by Gasteiger charge is -2.20. The second kappa shape index (κ2) is 16.8. The van der Waals surface area contributed by atoms with Gasteiger partial charge in [0, 0.05) is 83.7 Å². The van der Waals surface area contributed by atoms with E-state index in [1.165, 1.54) is 9.80 Å². The summed E-state index contributed by atoms with van der Waals surface area (Å²) in [6.45, 7) is 0.348. The molecular formula is C67H52N6O8. The molecule has 81 heavy (non-hydrogen) atoms. The highest BCUT2D eigenvalue weighted by atomic mass is 16.5. The first-order valence-electron chi connectivity index (χ1n) is 27.3. The maximum Gasteiger partial charge on any atom is 0.262 e. The van der Waals surface area contributed by atoms with Gasteiger partial charge in [0.05, 0.1) is 89.8 Å². The molecule has 0 spiro atoms. The van der Waals surface area contributed by atoms with Crippen molar-refractivity contribution in [2.45, 2.75) is 76.5 Å². The van der Waals surface area contributed by atoms with Crippen LogP contribution in [0.15, 0.2) is 146 Å². The van der Waals surface area contributed by atoms with Crippen molar-refractivity contribution >= 4 is 117 Å². The first-order chi connectivity index (χ1) is 39.1. The molecule has 0 saturated heterocycles. The van der Waals surface area contributed by atoms with Gasteiger partial charge in [0.15, 0.2) is 5.78 Å². The number of aromatic nitrogens is 4. The van der Waals surface area contributed by atoms with Gasteiger partial charge in [0.25, 0.3) is 23.6 Å². The highest BCUT2D eigenvalue weighted by molar-refractivity contribution is 6.41. The number of ether oxygens (including phenoxy) is 2. The lowest BCUT2D eigenvalue weighted by atomic mass is 9.96. The van der Waals surface area contributed by atoms with Gasteiger partial charge >= 0.3 is 0 Å². The molecule has 0 radical (unpaired) electrons. The summed E-state index contributed by atoms with van der Waals surface area (Å²) >= 11 is 0. The lowest BCUT2D eigenvalue weighted by Crippen LogP contribution is -2.29. The fourth-order valence-corrected chi connectivity index (χ4v) is 15.4. The Hall–Kier alpha value is -9.53. The Kier molecular flexibility index (Phi) is 9.82. The molecule has 18 rings (SSSR count). The van der Waals surface area contributed by atoms with Gasteiger partial charge in [0.2, 0.25) is 0 Å². The van der Waals surface area contributed by atoms with Crippen LogP contribution >= 0.6 is 0 Å². The monoisotopic (exact) mass is 1070 g/mol. The highest BCUT2D eigenvalue weighted by Gasteiger charge is 2.49. The topological polar surface area (TPSA) is 150 Å². The van der Waals surface area contributed by atoms with Crippen LogP contribution in [0.4, 0.5) is 0 Å². The zero-order valence-electron chi connectivity index (χ0n) is 43.5. The summed E-state index contributed by atoms with van der Waals surface area (Å²) in [6, 6.07) is 46.9. The third-order valence-electron chi connectivity index (χ3n) is 18.6. The predicted molar refractivity (Wildman–Crippen MR) is 312 cm³/mol. The summed E-state index contributed by atoms with van der Waals surface area (Å²) < 4.78 is 19.7. The van der Waals surface area contributed by atoms with E-state index < -0.39 is 6.10 Å². The molecule has 4 aliphatic heterocycles. The Balaban J connectivity index is 0.000000132. The van der Waals surface area contributed by atoms with E-state index in [2.05, 4.69) is 42.5 Å². The number of carbonyl (C=O) groups excluding carboxylic acids is 5. The van der Waals surface area contributed by atoms with Crippen molar-refractivity contribution in [3.63, 3.8) is 0 Å². The molecule has 1 N–H and O–H groups in total. The first kappa shape index (κ1) is 47.5. The van der Waals surface area contributed by atoms with Crippen LogP contribution in [0.5, 0.6) is 11.5 Å². The van der Waals surface area contributed by atoms with E-state index in [-0.39, 0.29) is 74.1 Å². The molecule has 14 nitrogen and oxygen atoms in total. The van der Waals surface area contributed by atoms with E-state index in [9.17, 15) is 29.1 Å². The Morgan fingerprint density at radius 3 is 1.21 bits per heavy atom. The number of nitrogens with zero attached hydrogens (tertiary/aromatic N) is 6. The number of amides is 4. The van der Waals surface area contributed by atoms with E-state index in [1.54, 1.807) is 14.2 Å². The number of para-hydroxylation sites is 4. The number of hydrogen-bond acceptors (Lipinski definition) is 8. The quantitative estimate of drug-likeness (QED) is 0.162. The average Bonchev–Trinajstić information content (AvgIpc) is 1.67. The average molecular weight is 1070 g/mol. The summed E-state index contributed by atoms with van der Waals surface area (Å²) in [4.78, 5) is 73.5. The Labute approximate surface area is 462 Å². The number of methoxy groups -OCH3 is 2. The second-order valence-corrected chi connectivity index (χ2v) is 22.4. The Bertz CT molecular complexity index is 4870. The van der Waals surface area contributed by atoms with Gasteiger partial charge in [-0.25, -0.2) is 0 Å². The zero-order valence-corrected chi connectivity index (χ0v) is 43.5. The number of ketones is 1. The molecule has 5 atom stereocenters. The number of carbonyl (C=O) groups is 5. The van der Waals surface area contributed by atoms with Crippen LogP contribution in [0.25, 0.3) is 87.2 Å². The van der Waals surface area contributed by atoms with Crippen LogP contribution in [0.3, 0.4) is 0 Å². The molecule has 14 heteroatoms. The number of hydrogen-bond donors (Lipinski definition) is 1. The van der Waals surface area contributed by atoms with Crippen molar-refractivity contribution in [3.05, 3.63) is 179 Å². The standard InChI is InChI=1S/C33H25N3O4.C33H23N3O4.CH4/c2*1-40-19-12-10-17(11-13-19)16-34-32(38)28-26-20-6-2-4-8-22(20)35-18-14-24(25(37)15-18)36-23-9-5-3-7-21(23)27(29(28)33(34)39)31(36)30(26)35;/h2-13,18,24-25,37H,14-16H2,1H3;2-13,18,24H,14-16H2,1H3;1H4/t18?,24?,25-;;/m1../s1. The number of fused-ring (bicyclic) bond motifs is 26. The summed E-state index contributed by atoms with van der Waals surface area (Å²) in [5.74, 6) is 0.559. The molecule has 8 aromatic carbocycles. The van der Waals surface area contributed by atoms with Crippen LogP contribution in [0.1, 0.15) is 110 Å². The van der Waals surface area contributed by atoms with Crippen molar-refractivity contribution in [1.29, 1.82) is 0 Å². The molecule has 4 unspecified atom stereocenters. The second-order valence-electron chi connectivity index (χ2n) is 22.4. The fourth-order valence-electron chi connectivity index (χ4n) is 15.4. The summed E-state index contributed by atoms with van der Waals surface area (Å²) in [5.41, 5.74) is 11.3. The number of aliphatic hydroxyl groups excluding tert-OH is 1. The number of imide groups is 2. The SMILES string of the molecule is C.COc1ccc(CN2C(=O)c3c(c4c5ccccc5n5c4c4c3c3ccccc3n4C3CC(=O)C5C3)C2=O)cc1.COc1ccc(CN2C(=O)c3c(c4c5ccccc5n5c4c4c3c3ccccc3n4C3CC5[C@H](O)C3)C2=O)cc1. The molecule has 4 amide bonds. The largest absolute Gasteiger partial charge is 0.497 e.